The van der Waals surface area contributed by atoms with E-state index < -0.39 is 6.10 Å². The molecule has 0 spiro atoms. The Morgan fingerprint density at radius 1 is 0.833 bits per heavy atom. The lowest BCUT2D eigenvalue weighted by atomic mass is 9.93. The molecule has 0 aliphatic heterocycles. The van der Waals surface area contributed by atoms with Crippen molar-refractivity contribution in [2.75, 3.05) is 0 Å². The maximum absolute atomic E-state index is 10.5. The van der Waals surface area contributed by atoms with Gasteiger partial charge in [-0.3, -0.25) is 0 Å². The van der Waals surface area contributed by atoms with Crippen molar-refractivity contribution < 1.29 is 5.11 Å². The van der Waals surface area contributed by atoms with Gasteiger partial charge in [0, 0.05) is 0 Å². The SMILES string of the molecule is Cc1cccc(C(O)c2cc(C)c(C)cc2C)c1. The lowest BCUT2D eigenvalue weighted by Gasteiger charge is -2.16. The van der Waals surface area contributed by atoms with Gasteiger partial charge in [0.05, 0.1) is 0 Å². The first-order chi connectivity index (χ1) is 8.49. The van der Waals surface area contributed by atoms with Gasteiger partial charge in [0.2, 0.25) is 0 Å². The molecule has 1 heteroatoms. The Hall–Kier alpha value is -1.60. The molecule has 0 saturated carbocycles. The highest BCUT2D eigenvalue weighted by molar-refractivity contribution is 5.41. The van der Waals surface area contributed by atoms with Gasteiger partial charge in [-0.2, -0.15) is 0 Å². The van der Waals surface area contributed by atoms with Crippen LogP contribution in [0.1, 0.15) is 39.5 Å². The highest BCUT2D eigenvalue weighted by Crippen LogP contribution is 2.27. The van der Waals surface area contributed by atoms with E-state index in [4.69, 9.17) is 0 Å². The monoisotopic (exact) mass is 240 g/mol. The molecule has 0 radical (unpaired) electrons. The standard InChI is InChI=1S/C17H20O/c1-11-6-5-7-15(8-11)17(18)16-10-13(3)12(2)9-14(16)4/h5-10,17-18H,1-4H3. The number of hydrogen-bond acceptors (Lipinski definition) is 1. The van der Waals surface area contributed by atoms with Crippen LogP contribution in [0.5, 0.6) is 0 Å². The first kappa shape index (κ1) is 12.8. The molecule has 0 aliphatic rings. The van der Waals surface area contributed by atoms with E-state index in [2.05, 4.69) is 32.9 Å². The summed E-state index contributed by atoms with van der Waals surface area (Å²) in [5, 5.41) is 10.5. The zero-order chi connectivity index (χ0) is 13.3. The van der Waals surface area contributed by atoms with Crippen molar-refractivity contribution in [1.29, 1.82) is 0 Å². The van der Waals surface area contributed by atoms with Crippen LogP contribution in [0.25, 0.3) is 0 Å². The topological polar surface area (TPSA) is 20.2 Å². The van der Waals surface area contributed by atoms with Crippen LogP contribution in [0.3, 0.4) is 0 Å². The van der Waals surface area contributed by atoms with Crippen LogP contribution in [-0.4, -0.2) is 5.11 Å². The number of benzene rings is 2. The maximum Gasteiger partial charge on any atom is 0.104 e. The van der Waals surface area contributed by atoms with Gasteiger partial charge >= 0.3 is 0 Å². The minimum Gasteiger partial charge on any atom is -0.384 e. The van der Waals surface area contributed by atoms with Gasteiger partial charge in [-0.05, 0) is 55.5 Å². The Labute approximate surface area is 109 Å². The molecule has 0 amide bonds. The molecule has 2 aromatic carbocycles. The average Bonchev–Trinajstić information content (AvgIpc) is 2.33. The second-order valence-electron chi connectivity index (χ2n) is 5.11. The molecular weight excluding hydrogens is 220 g/mol. The first-order valence-corrected chi connectivity index (χ1v) is 6.31. The van der Waals surface area contributed by atoms with Crippen molar-refractivity contribution in [2.45, 2.75) is 33.8 Å². The van der Waals surface area contributed by atoms with Crippen LogP contribution >= 0.6 is 0 Å². The Kier molecular flexibility index (Phi) is 3.53. The fraction of sp³-hybridized carbons (Fsp3) is 0.294. The number of hydrogen-bond donors (Lipinski definition) is 1. The molecule has 0 aromatic heterocycles. The van der Waals surface area contributed by atoms with Crippen molar-refractivity contribution in [3.63, 3.8) is 0 Å². The molecule has 2 rings (SSSR count). The van der Waals surface area contributed by atoms with Crippen molar-refractivity contribution in [2.24, 2.45) is 0 Å². The molecule has 94 valence electrons. The molecule has 0 aliphatic carbocycles. The highest BCUT2D eigenvalue weighted by atomic mass is 16.3. The molecule has 2 aromatic rings. The van der Waals surface area contributed by atoms with E-state index in [-0.39, 0.29) is 0 Å². The minimum absolute atomic E-state index is 0.538. The molecule has 1 N–H and O–H groups in total. The number of aliphatic hydroxyl groups is 1. The molecule has 1 unspecified atom stereocenters. The minimum atomic E-state index is -0.538. The lowest BCUT2D eigenvalue weighted by molar-refractivity contribution is 0.219. The normalized spacial score (nSPS) is 12.5. The van der Waals surface area contributed by atoms with Crippen LogP contribution < -0.4 is 0 Å². The number of aliphatic hydroxyl groups excluding tert-OH is 1. The van der Waals surface area contributed by atoms with Crippen molar-refractivity contribution in [3.8, 4) is 0 Å². The van der Waals surface area contributed by atoms with Gasteiger partial charge < -0.3 is 5.11 Å². The Balaban J connectivity index is 2.46. The summed E-state index contributed by atoms with van der Waals surface area (Å²) in [5.41, 5.74) is 6.78. The van der Waals surface area contributed by atoms with E-state index in [1.165, 1.54) is 16.7 Å². The van der Waals surface area contributed by atoms with Crippen molar-refractivity contribution in [1.82, 2.24) is 0 Å². The predicted molar refractivity (Wildman–Crippen MR) is 75.9 cm³/mol. The van der Waals surface area contributed by atoms with E-state index in [9.17, 15) is 5.11 Å². The second kappa shape index (κ2) is 4.95. The zero-order valence-corrected chi connectivity index (χ0v) is 11.5. The molecule has 0 heterocycles. The summed E-state index contributed by atoms with van der Waals surface area (Å²) in [4.78, 5) is 0. The third kappa shape index (κ3) is 2.46. The van der Waals surface area contributed by atoms with E-state index in [0.717, 1.165) is 16.7 Å². The quantitative estimate of drug-likeness (QED) is 0.841. The van der Waals surface area contributed by atoms with Crippen LogP contribution in [0, 0.1) is 27.7 Å². The van der Waals surface area contributed by atoms with Crippen LogP contribution in [0.2, 0.25) is 0 Å². The number of aryl methyl sites for hydroxylation is 4. The summed E-state index contributed by atoms with van der Waals surface area (Å²) >= 11 is 0. The fourth-order valence-electron chi connectivity index (χ4n) is 2.30. The molecular formula is C17H20O. The van der Waals surface area contributed by atoms with Gasteiger partial charge in [0.1, 0.15) is 6.10 Å². The Morgan fingerprint density at radius 3 is 2.17 bits per heavy atom. The van der Waals surface area contributed by atoms with E-state index in [1.54, 1.807) is 0 Å². The second-order valence-corrected chi connectivity index (χ2v) is 5.11. The maximum atomic E-state index is 10.5. The van der Waals surface area contributed by atoms with Crippen LogP contribution in [0.15, 0.2) is 36.4 Å². The summed E-state index contributed by atoms with van der Waals surface area (Å²) < 4.78 is 0. The summed E-state index contributed by atoms with van der Waals surface area (Å²) in [7, 11) is 0. The third-order valence-electron chi connectivity index (χ3n) is 3.53. The van der Waals surface area contributed by atoms with Crippen molar-refractivity contribution in [3.05, 3.63) is 69.8 Å². The Bertz CT molecular complexity index is 570. The highest BCUT2D eigenvalue weighted by Gasteiger charge is 2.13. The van der Waals surface area contributed by atoms with Crippen molar-refractivity contribution >= 4 is 0 Å². The van der Waals surface area contributed by atoms with Gasteiger partial charge in [-0.25, -0.2) is 0 Å². The Morgan fingerprint density at radius 2 is 1.50 bits per heavy atom. The van der Waals surface area contributed by atoms with Gasteiger partial charge in [-0.1, -0.05) is 42.0 Å². The first-order valence-electron chi connectivity index (χ1n) is 6.31. The summed E-state index contributed by atoms with van der Waals surface area (Å²) in [6, 6.07) is 12.3. The largest absolute Gasteiger partial charge is 0.384 e. The molecule has 0 bridgehead atoms. The van der Waals surface area contributed by atoms with Crippen LogP contribution in [0.4, 0.5) is 0 Å². The lowest BCUT2D eigenvalue weighted by Crippen LogP contribution is -2.03. The van der Waals surface area contributed by atoms with E-state index in [0.29, 0.717) is 0 Å². The summed E-state index contributed by atoms with van der Waals surface area (Å²) in [6.07, 6.45) is -0.538. The molecule has 0 fully saturated rings. The van der Waals surface area contributed by atoms with E-state index in [1.807, 2.05) is 31.2 Å². The average molecular weight is 240 g/mol. The molecule has 1 atom stereocenters. The zero-order valence-electron chi connectivity index (χ0n) is 11.5. The molecule has 1 nitrogen and oxygen atoms in total. The fourth-order valence-corrected chi connectivity index (χ4v) is 2.30. The summed E-state index contributed by atoms with van der Waals surface area (Å²) in [6.45, 7) is 8.29. The van der Waals surface area contributed by atoms with Gasteiger partial charge in [0.25, 0.3) is 0 Å². The molecule has 18 heavy (non-hydrogen) atoms. The molecule has 0 saturated heterocycles. The number of rotatable bonds is 2. The predicted octanol–water partition coefficient (Wildman–Crippen LogP) is 4.00. The smallest absolute Gasteiger partial charge is 0.104 e. The summed E-state index contributed by atoms with van der Waals surface area (Å²) in [5.74, 6) is 0. The van der Waals surface area contributed by atoms with Gasteiger partial charge in [-0.15, -0.1) is 0 Å². The van der Waals surface area contributed by atoms with E-state index >= 15 is 0 Å². The third-order valence-corrected chi connectivity index (χ3v) is 3.53. The van der Waals surface area contributed by atoms with Crippen LogP contribution in [-0.2, 0) is 0 Å². The van der Waals surface area contributed by atoms with Gasteiger partial charge in [0.15, 0.2) is 0 Å².